The highest BCUT2D eigenvalue weighted by molar-refractivity contribution is 4.84. The van der Waals surface area contributed by atoms with Crippen LogP contribution in [0.1, 0.15) is 39.0 Å². The van der Waals surface area contributed by atoms with E-state index in [1.54, 1.807) is 0 Å². The van der Waals surface area contributed by atoms with Crippen molar-refractivity contribution in [2.45, 2.75) is 45.1 Å². The first-order valence-electron chi connectivity index (χ1n) is 6.23. The number of hydrogen-bond acceptors (Lipinski definition) is 2. The third kappa shape index (κ3) is 3.25. The lowest BCUT2D eigenvalue weighted by atomic mass is 10.1. The summed E-state index contributed by atoms with van der Waals surface area (Å²) in [5, 5.41) is 3.54. The van der Waals surface area contributed by atoms with Crippen molar-refractivity contribution in [3.63, 3.8) is 0 Å². The van der Waals surface area contributed by atoms with Crippen molar-refractivity contribution < 1.29 is 0 Å². The van der Waals surface area contributed by atoms with Gasteiger partial charge in [-0.05, 0) is 62.9 Å². The van der Waals surface area contributed by atoms with E-state index in [4.69, 9.17) is 5.73 Å². The average molecular weight is 196 g/mol. The van der Waals surface area contributed by atoms with Gasteiger partial charge in [0, 0.05) is 6.04 Å². The van der Waals surface area contributed by atoms with E-state index in [2.05, 4.69) is 12.2 Å². The Morgan fingerprint density at radius 1 is 1.21 bits per heavy atom. The number of nitrogens with one attached hydrogen (secondary N) is 1. The normalized spacial score (nSPS) is 26.1. The minimum Gasteiger partial charge on any atom is -0.327 e. The summed E-state index contributed by atoms with van der Waals surface area (Å²) in [5.41, 5.74) is 6.03. The van der Waals surface area contributed by atoms with Crippen LogP contribution in [0.15, 0.2) is 0 Å². The standard InChI is InChI=1S/C12H24N2/c1-9(10-2-3-10)8-14-7-6-12(13)11-4-5-11/h9-12,14H,2-8,13H2,1H3. The average Bonchev–Trinajstić information content (AvgIpc) is 3.06. The summed E-state index contributed by atoms with van der Waals surface area (Å²) < 4.78 is 0. The van der Waals surface area contributed by atoms with Crippen molar-refractivity contribution in [3.8, 4) is 0 Å². The lowest BCUT2D eigenvalue weighted by molar-refractivity contribution is 0.441. The van der Waals surface area contributed by atoms with Gasteiger partial charge in [-0.3, -0.25) is 0 Å². The molecule has 2 aliphatic rings. The molecule has 14 heavy (non-hydrogen) atoms. The summed E-state index contributed by atoms with van der Waals surface area (Å²) in [7, 11) is 0. The Morgan fingerprint density at radius 3 is 2.43 bits per heavy atom. The number of nitrogens with two attached hydrogens (primary N) is 1. The van der Waals surface area contributed by atoms with E-state index in [0.29, 0.717) is 6.04 Å². The summed E-state index contributed by atoms with van der Waals surface area (Å²) in [5.74, 6) is 2.77. The lowest BCUT2D eigenvalue weighted by Crippen LogP contribution is -2.30. The van der Waals surface area contributed by atoms with Crippen molar-refractivity contribution in [3.05, 3.63) is 0 Å². The van der Waals surface area contributed by atoms with Gasteiger partial charge in [0.05, 0.1) is 0 Å². The molecule has 0 aliphatic heterocycles. The van der Waals surface area contributed by atoms with Crippen LogP contribution >= 0.6 is 0 Å². The summed E-state index contributed by atoms with van der Waals surface area (Å²) in [6.07, 6.45) is 6.84. The third-order valence-corrected chi connectivity index (χ3v) is 3.78. The Bertz CT molecular complexity index is 153. The fourth-order valence-electron chi connectivity index (χ4n) is 2.19. The topological polar surface area (TPSA) is 38.0 Å². The Balaban J connectivity index is 1.45. The predicted molar refractivity (Wildman–Crippen MR) is 60.1 cm³/mol. The highest BCUT2D eigenvalue weighted by Crippen LogP contribution is 2.36. The molecule has 0 aromatic heterocycles. The fraction of sp³-hybridized carbons (Fsp3) is 1.00. The third-order valence-electron chi connectivity index (χ3n) is 3.78. The Kier molecular flexibility index (Phi) is 3.45. The summed E-state index contributed by atoms with van der Waals surface area (Å²) in [4.78, 5) is 0. The van der Waals surface area contributed by atoms with E-state index in [1.807, 2.05) is 0 Å². The SMILES string of the molecule is CC(CNCCC(N)C1CC1)C1CC1. The molecular weight excluding hydrogens is 172 g/mol. The molecule has 2 aliphatic carbocycles. The maximum absolute atomic E-state index is 6.03. The second kappa shape index (κ2) is 4.63. The number of rotatable bonds is 7. The van der Waals surface area contributed by atoms with E-state index < -0.39 is 0 Å². The predicted octanol–water partition coefficient (Wildman–Crippen LogP) is 1.75. The fourth-order valence-corrected chi connectivity index (χ4v) is 2.19. The van der Waals surface area contributed by atoms with E-state index in [-0.39, 0.29) is 0 Å². The first kappa shape index (κ1) is 10.4. The first-order valence-corrected chi connectivity index (χ1v) is 6.23. The van der Waals surface area contributed by atoms with Gasteiger partial charge in [0.25, 0.3) is 0 Å². The second-order valence-electron chi connectivity index (χ2n) is 5.31. The zero-order valence-corrected chi connectivity index (χ0v) is 9.34. The van der Waals surface area contributed by atoms with Crippen molar-refractivity contribution >= 4 is 0 Å². The largest absolute Gasteiger partial charge is 0.327 e. The highest BCUT2D eigenvalue weighted by atomic mass is 14.9. The molecule has 3 N–H and O–H groups in total. The van der Waals surface area contributed by atoms with Gasteiger partial charge in [0.2, 0.25) is 0 Å². The van der Waals surface area contributed by atoms with Crippen molar-refractivity contribution in [1.29, 1.82) is 0 Å². The highest BCUT2D eigenvalue weighted by Gasteiger charge is 2.29. The van der Waals surface area contributed by atoms with Gasteiger partial charge in [-0.1, -0.05) is 6.92 Å². The molecule has 0 heterocycles. The molecule has 0 radical (unpaired) electrons. The van der Waals surface area contributed by atoms with Gasteiger partial charge >= 0.3 is 0 Å². The molecule has 0 aromatic carbocycles. The molecule has 2 saturated carbocycles. The monoisotopic (exact) mass is 196 g/mol. The zero-order chi connectivity index (χ0) is 9.97. The van der Waals surface area contributed by atoms with Crippen LogP contribution in [0.4, 0.5) is 0 Å². The van der Waals surface area contributed by atoms with E-state index in [0.717, 1.165) is 24.3 Å². The van der Waals surface area contributed by atoms with Crippen molar-refractivity contribution in [2.24, 2.45) is 23.5 Å². The molecule has 0 spiro atoms. The van der Waals surface area contributed by atoms with Crippen LogP contribution in [0.5, 0.6) is 0 Å². The first-order chi connectivity index (χ1) is 6.77. The molecule has 2 fully saturated rings. The Hall–Kier alpha value is -0.0800. The Morgan fingerprint density at radius 2 is 1.86 bits per heavy atom. The quantitative estimate of drug-likeness (QED) is 0.609. The molecule has 2 unspecified atom stereocenters. The van der Waals surface area contributed by atoms with Crippen LogP contribution in [-0.4, -0.2) is 19.1 Å². The van der Waals surface area contributed by atoms with Crippen molar-refractivity contribution in [2.75, 3.05) is 13.1 Å². The molecule has 0 saturated heterocycles. The van der Waals surface area contributed by atoms with Crippen LogP contribution in [0, 0.1) is 17.8 Å². The van der Waals surface area contributed by atoms with Crippen LogP contribution in [0.25, 0.3) is 0 Å². The molecule has 2 rings (SSSR count). The van der Waals surface area contributed by atoms with Gasteiger partial charge in [-0.15, -0.1) is 0 Å². The summed E-state index contributed by atoms with van der Waals surface area (Å²) in [6, 6.07) is 0.471. The second-order valence-corrected chi connectivity index (χ2v) is 5.31. The number of hydrogen-bond donors (Lipinski definition) is 2. The van der Waals surface area contributed by atoms with Crippen LogP contribution in [0.2, 0.25) is 0 Å². The molecular formula is C12H24N2. The molecule has 2 nitrogen and oxygen atoms in total. The van der Waals surface area contributed by atoms with E-state index in [1.165, 1.54) is 38.6 Å². The summed E-state index contributed by atoms with van der Waals surface area (Å²) in [6.45, 7) is 4.68. The molecule has 0 bridgehead atoms. The van der Waals surface area contributed by atoms with Gasteiger partial charge in [-0.25, -0.2) is 0 Å². The van der Waals surface area contributed by atoms with Crippen LogP contribution < -0.4 is 11.1 Å². The maximum Gasteiger partial charge on any atom is 0.00792 e. The molecule has 0 aromatic rings. The van der Waals surface area contributed by atoms with Gasteiger partial charge < -0.3 is 11.1 Å². The molecule has 2 atom stereocenters. The van der Waals surface area contributed by atoms with Gasteiger partial charge in [-0.2, -0.15) is 0 Å². The lowest BCUT2D eigenvalue weighted by Gasteiger charge is -2.13. The van der Waals surface area contributed by atoms with E-state index >= 15 is 0 Å². The smallest absolute Gasteiger partial charge is 0.00792 e. The molecule has 0 amide bonds. The maximum atomic E-state index is 6.03. The molecule has 82 valence electrons. The summed E-state index contributed by atoms with van der Waals surface area (Å²) >= 11 is 0. The zero-order valence-electron chi connectivity index (χ0n) is 9.34. The van der Waals surface area contributed by atoms with Crippen LogP contribution in [0.3, 0.4) is 0 Å². The van der Waals surface area contributed by atoms with Gasteiger partial charge in [0.15, 0.2) is 0 Å². The van der Waals surface area contributed by atoms with Gasteiger partial charge in [0.1, 0.15) is 0 Å². The van der Waals surface area contributed by atoms with E-state index in [9.17, 15) is 0 Å². The molecule has 2 heteroatoms. The minimum absolute atomic E-state index is 0.471. The van der Waals surface area contributed by atoms with Crippen LogP contribution in [-0.2, 0) is 0 Å². The van der Waals surface area contributed by atoms with Crippen molar-refractivity contribution in [1.82, 2.24) is 5.32 Å². The Labute approximate surface area is 87.6 Å². The minimum atomic E-state index is 0.471.